The number of allylic oxidation sites excluding steroid dienone is 4. The van der Waals surface area contributed by atoms with Crippen molar-refractivity contribution in [2.75, 3.05) is 0 Å². The van der Waals surface area contributed by atoms with Crippen LogP contribution >= 0.6 is 0 Å². The molecule has 0 atom stereocenters. The van der Waals surface area contributed by atoms with E-state index >= 15 is 0 Å². The molecular formula is C61H68Zr. The van der Waals surface area contributed by atoms with Crippen molar-refractivity contribution in [1.29, 1.82) is 0 Å². The van der Waals surface area contributed by atoms with E-state index in [9.17, 15) is 0 Å². The molecule has 2 aliphatic carbocycles. The van der Waals surface area contributed by atoms with E-state index in [4.69, 9.17) is 0 Å². The fourth-order valence-electron chi connectivity index (χ4n) is 9.92. The maximum atomic E-state index is 2.69. The van der Waals surface area contributed by atoms with Crippen molar-refractivity contribution in [2.24, 2.45) is 0 Å². The summed E-state index contributed by atoms with van der Waals surface area (Å²) in [5.41, 5.74) is 19.9. The van der Waals surface area contributed by atoms with Crippen LogP contribution in [0.1, 0.15) is 131 Å². The van der Waals surface area contributed by atoms with Crippen LogP contribution in [0.2, 0.25) is 3.63 Å². The van der Waals surface area contributed by atoms with Crippen LogP contribution in [-0.2, 0) is 55.8 Å². The second kappa shape index (κ2) is 16.9. The molecule has 0 unspecified atom stereocenters. The SMILES string of the molecule is CC(C)(C)c1ccc(-c2cc3c(cc2C(C)(C)C)-c2cc(C(C)(C)C)c(-c4ccc(C(C)(C)C)cc4)cc2[CH]3[Zr](=[C](Cc2ccccc2)Cc2ccccc2)[CH]2C=CC=C2)cc1. The first kappa shape index (κ1) is 44.2. The third-order valence-electron chi connectivity index (χ3n) is 13.4. The van der Waals surface area contributed by atoms with Gasteiger partial charge in [0.2, 0.25) is 0 Å². The van der Waals surface area contributed by atoms with Crippen LogP contribution in [-0.4, -0.2) is 3.21 Å². The third-order valence-corrected chi connectivity index (χ3v) is 22.0. The van der Waals surface area contributed by atoms with E-state index in [1.165, 1.54) is 66.8 Å². The van der Waals surface area contributed by atoms with Gasteiger partial charge in [-0.2, -0.15) is 0 Å². The Morgan fingerprint density at radius 3 is 1.13 bits per heavy atom. The van der Waals surface area contributed by atoms with Gasteiger partial charge in [0.05, 0.1) is 0 Å². The summed E-state index contributed by atoms with van der Waals surface area (Å²) < 4.78 is 2.57. The molecule has 0 N–H and O–H groups in total. The minimum atomic E-state index is -2.83. The van der Waals surface area contributed by atoms with Gasteiger partial charge in [-0.3, -0.25) is 0 Å². The molecule has 0 aliphatic heterocycles. The van der Waals surface area contributed by atoms with Crippen molar-refractivity contribution < 1.29 is 21.3 Å². The Hall–Kier alpha value is -4.45. The summed E-state index contributed by atoms with van der Waals surface area (Å²) in [6, 6.07) is 52.4. The molecule has 6 aromatic rings. The molecule has 0 saturated carbocycles. The van der Waals surface area contributed by atoms with Crippen LogP contribution < -0.4 is 0 Å². The van der Waals surface area contributed by atoms with Crippen LogP contribution in [0.4, 0.5) is 0 Å². The van der Waals surface area contributed by atoms with Crippen LogP contribution in [0.3, 0.4) is 0 Å². The van der Waals surface area contributed by atoms with Crippen LogP contribution in [0.25, 0.3) is 33.4 Å². The molecular weight excluding hydrogens is 824 g/mol. The first-order chi connectivity index (χ1) is 29.3. The summed E-state index contributed by atoms with van der Waals surface area (Å²) >= 11 is -2.83. The summed E-state index contributed by atoms with van der Waals surface area (Å²) in [6.45, 7) is 28.3. The topological polar surface area (TPSA) is 0 Å². The Morgan fingerprint density at radius 1 is 0.419 bits per heavy atom. The average molecular weight is 892 g/mol. The predicted octanol–water partition coefficient (Wildman–Crippen LogP) is 16.5. The number of fused-ring (bicyclic) bond motifs is 3. The monoisotopic (exact) mass is 890 g/mol. The van der Waals surface area contributed by atoms with Gasteiger partial charge in [-0.1, -0.05) is 0 Å². The predicted molar refractivity (Wildman–Crippen MR) is 267 cm³/mol. The van der Waals surface area contributed by atoms with Crippen LogP contribution in [0, 0.1) is 0 Å². The Kier molecular flexibility index (Phi) is 12.1. The van der Waals surface area contributed by atoms with Crippen molar-refractivity contribution in [3.05, 3.63) is 202 Å². The van der Waals surface area contributed by atoms with Gasteiger partial charge in [0.25, 0.3) is 0 Å². The van der Waals surface area contributed by atoms with Gasteiger partial charge in [0.1, 0.15) is 0 Å². The minimum absolute atomic E-state index is 0.0523. The molecule has 0 radical (unpaired) electrons. The molecule has 0 bridgehead atoms. The molecule has 0 heterocycles. The van der Waals surface area contributed by atoms with Crippen molar-refractivity contribution in [1.82, 2.24) is 0 Å². The summed E-state index contributed by atoms with van der Waals surface area (Å²) in [7, 11) is 0. The van der Waals surface area contributed by atoms with Crippen molar-refractivity contribution in [3.63, 3.8) is 0 Å². The first-order valence-corrected chi connectivity index (χ1v) is 27.1. The molecule has 0 amide bonds. The fraction of sp³-hybridized carbons (Fsp3) is 0.328. The zero-order valence-corrected chi connectivity index (χ0v) is 42.0. The van der Waals surface area contributed by atoms with Gasteiger partial charge in [-0.15, -0.1) is 0 Å². The van der Waals surface area contributed by atoms with Gasteiger partial charge < -0.3 is 0 Å². The van der Waals surface area contributed by atoms with Crippen LogP contribution in [0.5, 0.6) is 0 Å². The summed E-state index contributed by atoms with van der Waals surface area (Å²) in [5, 5.41) is 0. The second-order valence-corrected chi connectivity index (χ2v) is 29.3. The van der Waals surface area contributed by atoms with Crippen molar-refractivity contribution >= 4 is 3.21 Å². The molecule has 8 rings (SSSR count). The van der Waals surface area contributed by atoms with E-state index in [2.05, 4.69) is 241 Å². The fourth-order valence-corrected chi connectivity index (χ4v) is 19.4. The van der Waals surface area contributed by atoms with Crippen LogP contribution in [0.15, 0.2) is 158 Å². The van der Waals surface area contributed by atoms with E-state index in [1.54, 1.807) is 14.3 Å². The van der Waals surface area contributed by atoms with Gasteiger partial charge >= 0.3 is 385 Å². The molecule has 316 valence electrons. The van der Waals surface area contributed by atoms with Gasteiger partial charge in [-0.25, -0.2) is 0 Å². The van der Waals surface area contributed by atoms with E-state index in [1.807, 2.05) is 0 Å². The standard InChI is InChI=1S/C41H49.C15H14.C5H5.Zr/c1-38(2,3)30-17-13-26(14-18-30)34-22-28-21-29-23-35(27-15-19-31(20-16-27)39(4,5)6)37(41(10,11)12)25-33(29)32(28)24-36(34)40(7,8)9;1-3-8-14(9-4-1)12-7-13-15-10-5-2-6-11-15;1-2-4-5-3-1;/h13-25H,1-12H3;1-6,8-11H,12-13H2;1-5H;. The molecule has 62 heavy (non-hydrogen) atoms. The number of hydrogen-bond acceptors (Lipinski definition) is 0. The molecule has 1 heteroatoms. The second-order valence-electron chi connectivity index (χ2n) is 22.2. The molecule has 6 aromatic carbocycles. The Balaban J connectivity index is 1.47. The molecule has 0 spiro atoms. The van der Waals surface area contributed by atoms with Crippen molar-refractivity contribution in [3.8, 4) is 33.4 Å². The molecule has 0 nitrogen and oxygen atoms in total. The zero-order chi connectivity index (χ0) is 44.2. The van der Waals surface area contributed by atoms with Gasteiger partial charge in [0.15, 0.2) is 0 Å². The molecule has 0 fully saturated rings. The van der Waals surface area contributed by atoms with E-state index in [0.29, 0.717) is 7.25 Å². The quantitative estimate of drug-likeness (QED) is 0.143. The molecule has 0 saturated heterocycles. The summed E-state index contributed by atoms with van der Waals surface area (Å²) in [5.74, 6) is 0. The van der Waals surface area contributed by atoms with Gasteiger partial charge in [-0.05, 0) is 0 Å². The first-order valence-electron chi connectivity index (χ1n) is 23.0. The molecule has 2 aliphatic rings. The van der Waals surface area contributed by atoms with Gasteiger partial charge in [0, 0.05) is 0 Å². The third kappa shape index (κ3) is 9.13. The van der Waals surface area contributed by atoms with E-state index in [-0.39, 0.29) is 21.7 Å². The average Bonchev–Trinajstić information content (AvgIpc) is 3.86. The normalized spacial score (nSPS) is 14.3. The number of benzene rings is 6. The van der Waals surface area contributed by atoms with Crippen molar-refractivity contribution in [2.45, 2.75) is 125 Å². The Bertz CT molecular complexity index is 2480. The molecule has 0 aromatic heterocycles. The maximum absolute atomic E-state index is 2.83. The Labute approximate surface area is 382 Å². The van der Waals surface area contributed by atoms with E-state index in [0.717, 1.165) is 12.8 Å². The Morgan fingerprint density at radius 2 is 0.790 bits per heavy atom. The zero-order valence-electron chi connectivity index (χ0n) is 39.6. The summed E-state index contributed by atoms with van der Waals surface area (Å²) in [4.78, 5) is 0. The van der Waals surface area contributed by atoms with E-state index < -0.39 is 21.3 Å². The number of hydrogen-bond donors (Lipinski definition) is 0. The number of rotatable bonds is 8. The summed E-state index contributed by atoms with van der Waals surface area (Å²) in [6.07, 6.45) is 11.8.